The third-order valence-corrected chi connectivity index (χ3v) is 3.91. The number of halogens is 2. The van der Waals surface area contributed by atoms with Crippen LogP contribution in [0.3, 0.4) is 0 Å². The number of hydrogen-bond acceptors (Lipinski definition) is 4. The number of hydrogen-bond donors (Lipinski definition) is 2. The van der Waals surface area contributed by atoms with Crippen molar-refractivity contribution in [3.63, 3.8) is 0 Å². The number of rotatable bonds is 8. The van der Waals surface area contributed by atoms with E-state index in [9.17, 15) is 4.79 Å². The second-order valence-corrected chi connectivity index (χ2v) is 6.73. The molecule has 5 nitrogen and oxygen atoms in total. The topological polar surface area (TPSA) is 67.6 Å². The van der Waals surface area contributed by atoms with E-state index in [1.54, 1.807) is 0 Å². The van der Waals surface area contributed by atoms with Crippen molar-refractivity contribution in [2.45, 2.75) is 40.7 Å². The van der Waals surface area contributed by atoms with Crippen LogP contribution in [0.5, 0.6) is 5.75 Å². The molecule has 0 aliphatic heterocycles. The lowest BCUT2D eigenvalue weighted by molar-refractivity contribution is -0.119. The van der Waals surface area contributed by atoms with Gasteiger partial charge in [0, 0.05) is 12.2 Å². The van der Waals surface area contributed by atoms with E-state index in [1.165, 1.54) is 0 Å². The predicted molar refractivity (Wildman–Crippen MR) is 110 cm³/mol. The minimum Gasteiger partial charge on any atom is -0.492 e. The predicted octanol–water partition coefficient (Wildman–Crippen LogP) is 3.56. The van der Waals surface area contributed by atoms with Crippen LogP contribution >= 0.6 is 24.8 Å². The van der Waals surface area contributed by atoms with Crippen molar-refractivity contribution in [3.05, 3.63) is 24.3 Å². The van der Waals surface area contributed by atoms with E-state index in [2.05, 4.69) is 24.1 Å². The van der Waals surface area contributed by atoms with Gasteiger partial charge in [0.25, 0.3) is 0 Å². The third-order valence-electron chi connectivity index (χ3n) is 3.91. The van der Waals surface area contributed by atoms with E-state index in [0.717, 1.165) is 31.1 Å². The monoisotopic (exact) mass is 393 g/mol. The van der Waals surface area contributed by atoms with E-state index in [-0.39, 0.29) is 36.1 Å². The first-order valence-electron chi connectivity index (χ1n) is 8.29. The first-order chi connectivity index (χ1) is 10.8. The lowest BCUT2D eigenvalue weighted by Gasteiger charge is -2.25. The summed E-state index contributed by atoms with van der Waals surface area (Å²) >= 11 is 0. The normalized spacial score (nSPS) is 12.0. The van der Waals surface area contributed by atoms with Gasteiger partial charge < -0.3 is 20.7 Å². The van der Waals surface area contributed by atoms with Gasteiger partial charge in [-0.05, 0) is 42.8 Å². The SMILES string of the molecule is CCN(CC)CCOc1ccc(NC(=O)[C@@H](N)C(C)(C)C)cc1.Cl.Cl. The molecule has 3 N–H and O–H groups in total. The van der Waals surface area contributed by atoms with Crippen molar-refractivity contribution in [1.82, 2.24) is 4.90 Å². The van der Waals surface area contributed by atoms with Crippen molar-refractivity contribution in [1.29, 1.82) is 0 Å². The van der Waals surface area contributed by atoms with Crippen LogP contribution in [0, 0.1) is 5.41 Å². The highest BCUT2D eigenvalue weighted by Gasteiger charge is 2.27. The molecule has 1 aromatic carbocycles. The third kappa shape index (κ3) is 9.31. The van der Waals surface area contributed by atoms with Crippen LogP contribution in [0.15, 0.2) is 24.3 Å². The van der Waals surface area contributed by atoms with Crippen LogP contribution < -0.4 is 15.8 Å². The summed E-state index contributed by atoms with van der Waals surface area (Å²) in [7, 11) is 0. The fourth-order valence-corrected chi connectivity index (χ4v) is 2.08. The zero-order chi connectivity index (χ0) is 17.5. The standard InChI is InChI=1S/C18H31N3O2.2ClH/c1-6-21(7-2)12-13-23-15-10-8-14(9-11-15)20-17(22)16(19)18(3,4)5;;/h8-11,16H,6-7,12-13,19H2,1-5H3,(H,20,22);2*1H/t16-;;/m1../s1. The van der Waals surface area contributed by atoms with Crippen LogP contribution in [0.2, 0.25) is 0 Å². The molecule has 0 bridgehead atoms. The summed E-state index contributed by atoms with van der Waals surface area (Å²) in [6.07, 6.45) is 0. The molecule has 0 aliphatic carbocycles. The number of anilines is 1. The first-order valence-corrected chi connectivity index (χ1v) is 8.29. The van der Waals surface area contributed by atoms with Crippen LogP contribution in [-0.4, -0.2) is 43.1 Å². The maximum atomic E-state index is 12.1. The van der Waals surface area contributed by atoms with Gasteiger partial charge in [-0.3, -0.25) is 4.79 Å². The molecule has 0 fully saturated rings. The summed E-state index contributed by atoms with van der Waals surface area (Å²) in [4.78, 5) is 14.4. The smallest absolute Gasteiger partial charge is 0.241 e. The molecule has 0 heterocycles. The molecule has 1 rings (SSSR count). The van der Waals surface area contributed by atoms with Crippen molar-refractivity contribution in [2.24, 2.45) is 11.1 Å². The Morgan fingerprint density at radius 2 is 1.68 bits per heavy atom. The summed E-state index contributed by atoms with van der Waals surface area (Å²) in [5.41, 5.74) is 6.41. The number of ether oxygens (including phenoxy) is 1. The molecule has 1 aromatic rings. The lowest BCUT2D eigenvalue weighted by atomic mass is 9.87. The van der Waals surface area contributed by atoms with E-state index in [1.807, 2.05) is 45.0 Å². The van der Waals surface area contributed by atoms with Gasteiger partial charge in [0.05, 0.1) is 6.04 Å². The molecule has 0 saturated heterocycles. The van der Waals surface area contributed by atoms with E-state index >= 15 is 0 Å². The summed E-state index contributed by atoms with van der Waals surface area (Å²) in [5, 5.41) is 2.84. The average molecular weight is 394 g/mol. The van der Waals surface area contributed by atoms with Gasteiger partial charge in [0.15, 0.2) is 0 Å². The minimum atomic E-state index is -0.549. The Balaban J connectivity index is 0. The Morgan fingerprint density at radius 1 is 1.16 bits per heavy atom. The summed E-state index contributed by atoms with van der Waals surface area (Å²) in [6.45, 7) is 13.7. The highest BCUT2D eigenvalue weighted by molar-refractivity contribution is 5.95. The van der Waals surface area contributed by atoms with Crippen LogP contribution in [0.1, 0.15) is 34.6 Å². The molecule has 0 aliphatic rings. The lowest BCUT2D eigenvalue weighted by Crippen LogP contribution is -2.45. The number of nitrogens with two attached hydrogens (primary N) is 1. The highest BCUT2D eigenvalue weighted by atomic mass is 35.5. The number of carbonyl (C=O) groups is 1. The Hall–Kier alpha value is -1.01. The van der Waals surface area contributed by atoms with Gasteiger partial charge in [-0.15, -0.1) is 24.8 Å². The fraction of sp³-hybridized carbons (Fsp3) is 0.611. The van der Waals surface area contributed by atoms with Gasteiger partial charge in [0.1, 0.15) is 12.4 Å². The number of amides is 1. The van der Waals surface area contributed by atoms with Crippen molar-refractivity contribution < 1.29 is 9.53 Å². The molecule has 1 atom stereocenters. The summed E-state index contributed by atoms with van der Waals surface area (Å²) < 4.78 is 5.72. The Morgan fingerprint density at radius 3 is 2.12 bits per heavy atom. The summed E-state index contributed by atoms with van der Waals surface area (Å²) in [5.74, 6) is 0.628. The molecule has 0 saturated carbocycles. The number of benzene rings is 1. The molecule has 0 aromatic heterocycles. The second kappa shape index (κ2) is 12.4. The van der Waals surface area contributed by atoms with E-state index in [4.69, 9.17) is 10.5 Å². The van der Waals surface area contributed by atoms with Gasteiger partial charge in [0.2, 0.25) is 5.91 Å². The Labute approximate surface area is 164 Å². The number of carbonyl (C=O) groups excluding carboxylic acids is 1. The quantitative estimate of drug-likeness (QED) is 0.708. The molecule has 0 spiro atoms. The van der Waals surface area contributed by atoms with Gasteiger partial charge >= 0.3 is 0 Å². The van der Waals surface area contributed by atoms with Crippen molar-refractivity contribution >= 4 is 36.4 Å². The maximum Gasteiger partial charge on any atom is 0.241 e. The molecule has 0 unspecified atom stereocenters. The molecule has 7 heteroatoms. The summed E-state index contributed by atoms with van der Waals surface area (Å²) in [6, 6.07) is 6.84. The average Bonchev–Trinajstić information content (AvgIpc) is 2.51. The van der Waals surface area contributed by atoms with Gasteiger partial charge in [-0.25, -0.2) is 0 Å². The van der Waals surface area contributed by atoms with E-state index in [0.29, 0.717) is 6.61 Å². The van der Waals surface area contributed by atoms with Crippen LogP contribution in [0.25, 0.3) is 0 Å². The van der Waals surface area contributed by atoms with Gasteiger partial charge in [-0.2, -0.15) is 0 Å². The Bertz CT molecular complexity index is 486. The van der Waals surface area contributed by atoms with Crippen molar-refractivity contribution in [3.8, 4) is 5.75 Å². The first kappa shape index (κ1) is 26.2. The number of nitrogens with zero attached hydrogens (tertiary/aromatic N) is 1. The Kier molecular flexibility index (Phi) is 13.0. The molecule has 25 heavy (non-hydrogen) atoms. The second-order valence-electron chi connectivity index (χ2n) is 6.73. The van der Waals surface area contributed by atoms with Crippen LogP contribution in [0.4, 0.5) is 5.69 Å². The van der Waals surface area contributed by atoms with E-state index < -0.39 is 6.04 Å². The highest BCUT2D eigenvalue weighted by Crippen LogP contribution is 2.20. The molecular formula is C18H33Cl2N3O2. The molecule has 146 valence electrons. The van der Waals surface area contributed by atoms with Crippen molar-refractivity contribution in [2.75, 3.05) is 31.6 Å². The molecular weight excluding hydrogens is 361 g/mol. The number of nitrogens with one attached hydrogen (secondary N) is 1. The maximum absolute atomic E-state index is 12.1. The fourth-order valence-electron chi connectivity index (χ4n) is 2.08. The van der Waals surface area contributed by atoms with Crippen LogP contribution in [-0.2, 0) is 4.79 Å². The molecule has 1 amide bonds. The number of likely N-dealkylation sites (N-methyl/N-ethyl adjacent to an activating group) is 1. The molecule has 0 radical (unpaired) electrons. The minimum absolute atomic E-state index is 0. The zero-order valence-corrected chi connectivity index (χ0v) is 17.5. The van der Waals surface area contributed by atoms with Gasteiger partial charge in [-0.1, -0.05) is 34.6 Å². The zero-order valence-electron chi connectivity index (χ0n) is 15.9. The largest absolute Gasteiger partial charge is 0.492 e.